The molecule has 0 radical (unpaired) electrons. The molecule has 2 aliphatic heterocycles. The van der Waals surface area contributed by atoms with E-state index in [1.807, 2.05) is 17.9 Å². The van der Waals surface area contributed by atoms with Crippen LogP contribution in [0.15, 0.2) is 47.7 Å². The maximum Gasteiger partial charge on any atom is 0.194 e. The molecular weight excluding hydrogens is 527 g/mol. The summed E-state index contributed by atoms with van der Waals surface area (Å²) in [7, 11) is 1.98. The summed E-state index contributed by atoms with van der Waals surface area (Å²) in [6.45, 7) is 9.60. The predicted molar refractivity (Wildman–Crippen MR) is 144 cm³/mol. The molecule has 7 nitrogen and oxygen atoms in total. The van der Waals surface area contributed by atoms with Crippen LogP contribution >= 0.6 is 24.0 Å². The van der Waals surface area contributed by atoms with Crippen molar-refractivity contribution < 1.29 is 4.74 Å². The highest BCUT2D eigenvalue weighted by Gasteiger charge is 2.35. The molecule has 0 spiro atoms. The van der Waals surface area contributed by atoms with E-state index in [4.69, 9.17) is 9.73 Å². The van der Waals surface area contributed by atoms with Crippen molar-refractivity contribution in [1.29, 1.82) is 0 Å². The van der Waals surface area contributed by atoms with Gasteiger partial charge in [0.1, 0.15) is 0 Å². The highest BCUT2D eigenvalue weighted by Crippen LogP contribution is 2.28. The Kier molecular flexibility index (Phi) is 9.57. The summed E-state index contributed by atoms with van der Waals surface area (Å²) < 4.78 is 7.60. The number of nitrogens with one attached hydrogen (secondary N) is 2. The van der Waals surface area contributed by atoms with E-state index in [9.17, 15) is 0 Å². The van der Waals surface area contributed by atoms with Crippen molar-refractivity contribution in [2.45, 2.75) is 50.6 Å². The zero-order valence-electron chi connectivity index (χ0n) is 20.2. The van der Waals surface area contributed by atoms with Crippen LogP contribution in [-0.2, 0) is 11.8 Å². The first-order valence-corrected chi connectivity index (χ1v) is 12.0. The average molecular weight is 567 g/mol. The molecule has 182 valence electrons. The van der Waals surface area contributed by atoms with Gasteiger partial charge in [-0.15, -0.1) is 24.0 Å². The fourth-order valence-electron chi connectivity index (χ4n) is 4.92. The molecular formula is C25H39IN6O. The molecule has 0 saturated carbocycles. The average Bonchev–Trinajstić information content (AvgIpc) is 3.47. The standard InChI is InChI=1S/C25H38N6O.HI/c1-4-26-24(31-13-10-22(18-31)23-16-28-30(3)17-23)27-19-25(11-14-32-15-12-25)29-20(2)21-8-6-5-7-9-21;/h5-9,16-17,20,22,29H,4,10-15,18-19H2,1-3H3,(H,26,27);1H. The van der Waals surface area contributed by atoms with E-state index >= 15 is 0 Å². The van der Waals surface area contributed by atoms with Crippen molar-refractivity contribution in [1.82, 2.24) is 25.3 Å². The molecule has 33 heavy (non-hydrogen) atoms. The number of guanidine groups is 1. The van der Waals surface area contributed by atoms with Gasteiger partial charge in [0.05, 0.1) is 12.7 Å². The van der Waals surface area contributed by atoms with E-state index in [2.05, 4.69) is 71.0 Å². The molecule has 2 atom stereocenters. The normalized spacial score (nSPS) is 21.5. The second-order valence-electron chi connectivity index (χ2n) is 9.22. The quantitative estimate of drug-likeness (QED) is 0.304. The number of aromatic nitrogens is 2. The molecule has 0 amide bonds. The second kappa shape index (κ2) is 12.2. The molecule has 2 aromatic rings. The molecule has 2 N–H and O–H groups in total. The summed E-state index contributed by atoms with van der Waals surface area (Å²) in [4.78, 5) is 7.58. The molecule has 2 saturated heterocycles. The third-order valence-corrected chi connectivity index (χ3v) is 6.82. The van der Waals surface area contributed by atoms with Gasteiger partial charge in [0.25, 0.3) is 0 Å². The van der Waals surface area contributed by atoms with Gasteiger partial charge in [-0.05, 0) is 44.2 Å². The van der Waals surface area contributed by atoms with Crippen LogP contribution in [0.5, 0.6) is 0 Å². The summed E-state index contributed by atoms with van der Waals surface area (Å²) in [6.07, 6.45) is 7.24. The number of likely N-dealkylation sites (tertiary alicyclic amines) is 1. The van der Waals surface area contributed by atoms with Crippen molar-refractivity contribution in [2.24, 2.45) is 12.0 Å². The van der Waals surface area contributed by atoms with Gasteiger partial charge >= 0.3 is 0 Å². The van der Waals surface area contributed by atoms with Crippen LogP contribution in [-0.4, -0.2) is 65.6 Å². The molecule has 0 aliphatic carbocycles. The molecule has 2 fully saturated rings. The Morgan fingerprint density at radius 3 is 2.70 bits per heavy atom. The lowest BCUT2D eigenvalue weighted by atomic mass is 9.88. The molecule has 4 rings (SSSR count). The molecule has 1 aromatic heterocycles. The third-order valence-electron chi connectivity index (χ3n) is 6.82. The lowest BCUT2D eigenvalue weighted by Gasteiger charge is -2.40. The number of ether oxygens (including phenoxy) is 1. The first-order valence-electron chi connectivity index (χ1n) is 12.0. The Hall–Kier alpha value is -1.65. The lowest BCUT2D eigenvalue weighted by molar-refractivity contribution is 0.0373. The van der Waals surface area contributed by atoms with Gasteiger partial charge < -0.3 is 20.3 Å². The van der Waals surface area contributed by atoms with Gasteiger partial charge in [0, 0.05) is 63.6 Å². The number of aryl methyl sites for hydroxylation is 1. The maximum absolute atomic E-state index is 5.71. The summed E-state index contributed by atoms with van der Waals surface area (Å²) in [5.74, 6) is 1.54. The fourth-order valence-corrected chi connectivity index (χ4v) is 4.92. The number of nitrogens with zero attached hydrogens (tertiary/aromatic N) is 4. The second-order valence-corrected chi connectivity index (χ2v) is 9.22. The first kappa shape index (κ1) is 26.0. The van der Waals surface area contributed by atoms with Gasteiger partial charge in [0.2, 0.25) is 0 Å². The van der Waals surface area contributed by atoms with Gasteiger partial charge in [-0.2, -0.15) is 5.10 Å². The van der Waals surface area contributed by atoms with Crippen LogP contribution in [0.2, 0.25) is 0 Å². The first-order chi connectivity index (χ1) is 15.6. The minimum absolute atomic E-state index is 0. The summed E-state index contributed by atoms with van der Waals surface area (Å²) in [6, 6.07) is 11.0. The van der Waals surface area contributed by atoms with E-state index in [1.165, 1.54) is 11.1 Å². The van der Waals surface area contributed by atoms with E-state index in [0.717, 1.165) is 64.6 Å². The Morgan fingerprint density at radius 1 is 1.27 bits per heavy atom. The third kappa shape index (κ3) is 6.70. The van der Waals surface area contributed by atoms with Crippen LogP contribution in [0.3, 0.4) is 0 Å². The molecule has 2 aliphatic rings. The molecule has 1 aromatic carbocycles. The largest absolute Gasteiger partial charge is 0.381 e. The highest BCUT2D eigenvalue weighted by molar-refractivity contribution is 14.0. The predicted octanol–water partition coefficient (Wildman–Crippen LogP) is 3.69. The van der Waals surface area contributed by atoms with Crippen molar-refractivity contribution in [3.05, 3.63) is 53.9 Å². The molecule has 3 heterocycles. The Bertz CT molecular complexity index is 880. The molecule has 8 heteroatoms. The van der Waals surface area contributed by atoms with Gasteiger partial charge in [0.15, 0.2) is 5.96 Å². The van der Waals surface area contributed by atoms with Crippen LogP contribution < -0.4 is 10.6 Å². The highest BCUT2D eigenvalue weighted by atomic mass is 127. The minimum Gasteiger partial charge on any atom is -0.381 e. The fraction of sp³-hybridized carbons (Fsp3) is 0.600. The number of benzene rings is 1. The zero-order valence-corrected chi connectivity index (χ0v) is 22.5. The summed E-state index contributed by atoms with van der Waals surface area (Å²) in [5, 5.41) is 11.8. The van der Waals surface area contributed by atoms with Crippen LogP contribution in [0.1, 0.15) is 56.2 Å². The number of halogens is 1. The van der Waals surface area contributed by atoms with E-state index in [-0.39, 0.29) is 35.6 Å². The Balaban J connectivity index is 0.00000306. The topological polar surface area (TPSA) is 66.7 Å². The minimum atomic E-state index is -0.0450. The van der Waals surface area contributed by atoms with E-state index < -0.39 is 0 Å². The number of rotatable bonds is 7. The van der Waals surface area contributed by atoms with E-state index in [1.54, 1.807) is 0 Å². The van der Waals surface area contributed by atoms with Crippen LogP contribution in [0.4, 0.5) is 0 Å². The number of hydrogen-bond donors (Lipinski definition) is 2. The number of hydrogen-bond acceptors (Lipinski definition) is 4. The van der Waals surface area contributed by atoms with Crippen LogP contribution in [0, 0.1) is 0 Å². The summed E-state index contributed by atoms with van der Waals surface area (Å²) in [5.41, 5.74) is 2.59. The zero-order chi connectivity index (χ0) is 22.4. The molecule has 0 bridgehead atoms. The SMILES string of the molecule is CCNC(=NCC1(NC(C)c2ccccc2)CCOCC1)N1CCC(c2cnn(C)c2)C1.I. The molecule has 2 unspecified atom stereocenters. The van der Waals surface area contributed by atoms with Crippen molar-refractivity contribution >= 4 is 29.9 Å². The van der Waals surface area contributed by atoms with Gasteiger partial charge in [-0.3, -0.25) is 9.67 Å². The maximum atomic E-state index is 5.71. The van der Waals surface area contributed by atoms with E-state index in [0.29, 0.717) is 5.92 Å². The van der Waals surface area contributed by atoms with Gasteiger partial charge in [-0.25, -0.2) is 0 Å². The van der Waals surface area contributed by atoms with Crippen molar-refractivity contribution in [3.63, 3.8) is 0 Å². The van der Waals surface area contributed by atoms with Crippen LogP contribution in [0.25, 0.3) is 0 Å². The Morgan fingerprint density at radius 2 is 2.03 bits per heavy atom. The Labute approximate surface area is 215 Å². The smallest absolute Gasteiger partial charge is 0.194 e. The monoisotopic (exact) mass is 566 g/mol. The van der Waals surface area contributed by atoms with Crippen molar-refractivity contribution in [3.8, 4) is 0 Å². The summed E-state index contributed by atoms with van der Waals surface area (Å²) >= 11 is 0. The van der Waals surface area contributed by atoms with Gasteiger partial charge in [-0.1, -0.05) is 30.3 Å². The number of aliphatic imine (C=N–C) groups is 1. The van der Waals surface area contributed by atoms with Crippen molar-refractivity contribution in [2.75, 3.05) is 39.4 Å². The lowest BCUT2D eigenvalue weighted by Crippen LogP contribution is -2.53.